The number of anilines is 1. The number of aliphatic hydroxyl groups is 1. The van der Waals surface area contributed by atoms with Crippen LogP contribution in [0.2, 0.25) is 0 Å². The third-order valence-corrected chi connectivity index (χ3v) is 3.67. The first-order valence-electron chi connectivity index (χ1n) is 6.53. The van der Waals surface area contributed by atoms with E-state index in [2.05, 4.69) is 10.4 Å². The lowest BCUT2D eigenvalue weighted by Gasteiger charge is -2.18. The molecule has 1 aliphatic rings. The standard InChI is InChI=1S/C13H22N4O2/c1-9-12(10(2)16(4)15-9)14-11(18)7-17-6-5-13(3,19)8-17/h19H,5-8H2,1-4H3,(H,14,18). The van der Waals surface area contributed by atoms with Crippen molar-refractivity contribution in [3.8, 4) is 0 Å². The number of aromatic nitrogens is 2. The van der Waals surface area contributed by atoms with Crippen molar-refractivity contribution in [1.82, 2.24) is 14.7 Å². The Kier molecular flexibility index (Phi) is 3.64. The minimum Gasteiger partial charge on any atom is -0.389 e. The fourth-order valence-corrected chi connectivity index (χ4v) is 2.51. The summed E-state index contributed by atoms with van der Waals surface area (Å²) < 4.78 is 1.76. The Labute approximate surface area is 113 Å². The van der Waals surface area contributed by atoms with Crippen molar-refractivity contribution >= 4 is 11.6 Å². The van der Waals surface area contributed by atoms with Crippen molar-refractivity contribution in [2.75, 3.05) is 25.0 Å². The number of aryl methyl sites for hydroxylation is 2. The zero-order chi connectivity index (χ0) is 14.2. The molecule has 2 heterocycles. The van der Waals surface area contributed by atoms with Crippen molar-refractivity contribution in [2.24, 2.45) is 7.05 Å². The molecular weight excluding hydrogens is 244 g/mol. The second kappa shape index (κ2) is 4.94. The fourth-order valence-electron chi connectivity index (χ4n) is 2.51. The van der Waals surface area contributed by atoms with Gasteiger partial charge in [-0.2, -0.15) is 5.10 Å². The second-order valence-electron chi connectivity index (χ2n) is 5.68. The molecule has 1 aromatic heterocycles. The van der Waals surface area contributed by atoms with E-state index >= 15 is 0 Å². The van der Waals surface area contributed by atoms with Gasteiger partial charge in [-0.15, -0.1) is 0 Å². The van der Waals surface area contributed by atoms with Gasteiger partial charge in [0.1, 0.15) is 0 Å². The molecule has 1 atom stereocenters. The van der Waals surface area contributed by atoms with Crippen LogP contribution in [0.3, 0.4) is 0 Å². The first-order valence-corrected chi connectivity index (χ1v) is 6.53. The zero-order valence-electron chi connectivity index (χ0n) is 12.0. The Morgan fingerprint density at radius 3 is 2.68 bits per heavy atom. The third-order valence-electron chi connectivity index (χ3n) is 3.67. The van der Waals surface area contributed by atoms with Crippen LogP contribution in [-0.2, 0) is 11.8 Å². The molecule has 2 rings (SSSR count). The van der Waals surface area contributed by atoms with Crippen LogP contribution in [-0.4, -0.2) is 50.9 Å². The highest BCUT2D eigenvalue weighted by atomic mass is 16.3. The predicted octanol–water partition coefficient (Wildman–Crippen LogP) is 0.432. The maximum Gasteiger partial charge on any atom is 0.238 e. The summed E-state index contributed by atoms with van der Waals surface area (Å²) in [6.07, 6.45) is 0.714. The predicted molar refractivity (Wildman–Crippen MR) is 73.0 cm³/mol. The maximum atomic E-state index is 12.0. The third kappa shape index (κ3) is 3.13. The van der Waals surface area contributed by atoms with Gasteiger partial charge in [0.15, 0.2) is 0 Å². The smallest absolute Gasteiger partial charge is 0.238 e. The van der Waals surface area contributed by atoms with Gasteiger partial charge in [0, 0.05) is 20.1 Å². The quantitative estimate of drug-likeness (QED) is 0.832. The molecule has 1 aromatic rings. The van der Waals surface area contributed by atoms with Gasteiger partial charge in [-0.3, -0.25) is 14.4 Å². The Hall–Kier alpha value is -1.40. The average Bonchev–Trinajstić information content (AvgIpc) is 2.74. The summed E-state index contributed by atoms with van der Waals surface area (Å²) >= 11 is 0. The highest BCUT2D eigenvalue weighted by Crippen LogP contribution is 2.21. The summed E-state index contributed by atoms with van der Waals surface area (Å²) in [5.41, 5.74) is 1.89. The monoisotopic (exact) mass is 266 g/mol. The van der Waals surface area contributed by atoms with E-state index in [1.807, 2.05) is 25.8 Å². The van der Waals surface area contributed by atoms with Gasteiger partial charge < -0.3 is 10.4 Å². The van der Waals surface area contributed by atoms with E-state index in [-0.39, 0.29) is 5.91 Å². The Balaban J connectivity index is 1.95. The van der Waals surface area contributed by atoms with Crippen molar-refractivity contribution < 1.29 is 9.90 Å². The molecule has 1 aliphatic heterocycles. The minimum atomic E-state index is -0.666. The van der Waals surface area contributed by atoms with Gasteiger partial charge in [0.2, 0.25) is 5.91 Å². The molecule has 19 heavy (non-hydrogen) atoms. The van der Waals surface area contributed by atoms with E-state index < -0.39 is 5.60 Å². The van der Waals surface area contributed by atoms with E-state index in [0.29, 0.717) is 19.5 Å². The van der Waals surface area contributed by atoms with Gasteiger partial charge >= 0.3 is 0 Å². The number of rotatable bonds is 3. The van der Waals surface area contributed by atoms with E-state index in [1.54, 1.807) is 11.6 Å². The van der Waals surface area contributed by atoms with Crippen LogP contribution >= 0.6 is 0 Å². The molecule has 1 unspecified atom stereocenters. The number of β-amino-alcohol motifs (C(OH)–C–C–N with tert-alkyl or cyclic N) is 1. The number of likely N-dealkylation sites (tertiary alicyclic amines) is 1. The van der Waals surface area contributed by atoms with Crippen LogP contribution in [0, 0.1) is 13.8 Å². The summed E-state index contributed by atoms with van der Waals surface area (Å²) in [4.78, 5) is 14.0. The summed E-state index contributed by atoms with van der Waals surface area (Å²) in [5.74, 6) is -0.0584. The molecular formula is C13H22N4O2. The first kappa shape index (κ1) is 14.0. The van der Waals surface area contributed by atoms with Crippen LogP contribution in [0.25, 0.3) is 0 Å². The number of nitrogens with one attached hydrogen (secondary N) is 1. The van der Waals surface area contributed by atoms with Crippen LogP contribution in [0.1, 0.15) is 24.7 Å². The maximum absolute atomic E-state index is 12.0. The zero-order valence-corrected chi connectivity index (χ0v) is 12.0. The highest BCUT2D eigenvalue weighted by molar-refractivity contribution is 5.93. The molecule has 0 aliphatic carbocycles. The number of carbonyl (C=O) groups is 1. The van der Waals surface area contributed by atoms with E-state index in [4.69, 9.17) is 0 Å². The van der Waals surface area contributed by atoms with E-state index in [1.165, 1.54) is 0 Å². The lowest BCUT2D eigenvalue weighted by atomic mass is 10.1. The molecule has 0 spiro atoms. The molecule has 0 saturated carbocycles. The molecule has 6 nitrogen and oxygen atoms in total. The second-order valence-corrected chi connectivity index (χ2v) is 5.68. The average molecular weight is 266 g/mol. The fraction of sp³-hybridized carbons (Fsp3) is 0.692. The SMILES string of the molecule is Cc1nn(C)c(C)c1NC(=O)CN1CCC(C)(O)C1. The molecule has 1 amide bonds. The lowest BCUT2D eigenvalue weighted by Crippen LogP contribution is -2.35. The Bertz CT molecular complexity index is 493. The van der Waals surface area contributed by atoms with E-state index in [9.17, 15) is 9.90 Å². The number of carbonyl (C=O) groups excluding carboxylic acids is 1. The van der Waals surface area contributed by atoms with Crippen molar-refractivity contribution in [1.29, 1.82) is 0 Å². The van der Waals surface area contributed by atoms with Gasteiger partial charge in [-0.25, -0.2) is 0 Å². The van der Waals surface area contributed by atoms with Gasteiger partial charge in [-0.1, -0.05) is 0 Å². The lowest BCUT2D eigenvalue weighted by molar-refractivity contribution is -0.117. The molecule has 6 heteroatoms. The topological polar surface area (TPSA) is 70.4 Å². The normalized spacial score (nSPS) is 23.8. The van der Waals surface area contributed by atoms with Gasteiger partial charge in [0.05, 0.1) is 29.2 Å². The number of hydrogen-bond acceptors (Lipinski definition) is 4. The molecule has 106 valence electrons. The van der Waals surface area contributed by atoms with E-state index in [0.717, 1.165) is 23.6 Å². The first-order chi connectivity index (χ1) is 8.78. The van der Waals surface area contributed by atoms with Crippen molar-refractivity contribution in [3.05, 3.63) is 11.4 Å². The van der Waals surface area contributed by atoms with Crippen molar-refractivity contribution in [2.45, 2.75) is 32.8 Å². The van der Waals surface area contributed by atoms with Crippen LogP contribution in [0.4, 0.5) is 5.69 Å². The molecule has 0 radical (unpaired) electrons. The molecule has 1 saturated heterocycles. The Morgan fingerprint density at radius 2 is 2.21 bits per heavy atom. The molecule has 1 fully saturated rings. The summed E-state index contributed by atoms with van der Waals surface area (Å²) in [6.45, 7) is 7.22. The largest absolute Gasteiger partial charge is 0.389 e. The summed E-state index contributed by atoms with van der Waals surface area (Å²) in [6, 6.07) is 0. The van der Waals surface area contributed by atoms with Crippen LogP contribution < -0.4 is 5.32 Å². The highest BCUT2D eigenvalue weighted by Gasteiger charge is 2.32. The minimum absolute atomic E-state index is 0.0584. The molecule has 0 bridgehead atoms. The van der Waals surface area contributed by atoms with Crippen LogP contribution in [0.5, 0.6) is 0 Å². The summed E-state index contributed by atoms with van der Waals surface area (Å²) in [7, 11) is 1.86. The summed E-state index contributed by atoms with van der Waals surface area (Å²) in [5, 5.41) is 17.0. The molecule has 0 aromatic carbocycles. The Morgan fingerprint density at radius 1 is 1.53 bits per heavy atom. The van der Waals surface area contributed by atoms with Gasteiger partial charge in [0.25, 0.3) is 0 Å². The van der Waals surface area contributed by atoms with Gasteiger partial charge in [-0.05, 0) is 27.2 Å². The number of nitrogens with zero attached hydrogens (tertiary/aromatic N) is 3. The van der Waals surface area contributed by atoms with Crippen LogP contribution in [0.15, 0.2) is 0 Å². The molecule has 2 N–H and O–H groups in total. The van der Waals surface area contributed by atoms with Crippen molar-refractivity contribution in [3.63, 3.8) is 0 Å². The number of hydrogen-bond donors (Lipinski definition) is 2. The number of amides is 1.